The Morgan fingerprint density at radius 3 is 2.54 bits per heavy atom. The molecule has 0 aromatic heterocycles. The molecule has 2 unspecified atom stereocenters. The van der Waals surface area contributed by atoms with Crippen LogP contribution >= 0.6 is 11.6 Å². The molecule has 2 aromatic carbocycles. The van der Waals surface area contributed by atoms with Crippen molar-refractivity contribution in [2.24, 2.45) is 0 Å². The van der Waals surface area contributed by atoms with Crippen LogP contribution < -0.4 is 5.32 Å². The fraction of sp³-hybridized carbons (Fsp3) is 0.484. The maximum absolute atomic E-state index is 12.4. The molecule has 0 fully saturated rings. The van der Waals surface area contributed by atoms with Crippen LogP contribution in [0.1, 0.15) is 72.0 Å². The van der Waals surface area contributed by atoms with Crippen LogP contribution in [-0.2, 0) is 22.6 Å². The van der Waals surface area contributed by atoms with Gasteiger partial charge >= 0.3 is 0 Å². The molecule has 0 aliphatic carbocycles. The number of aldehydes is 2. The minimum Gasteiger partial charge on any atom is -0.358 e. The third-order valence-electron chi connectivity index (χ3n) is 7.24. The van der Waals surface area contributed by atoms with E-state index in [0.717, 1.165) is 74.6 Å². The van der Waals surface area contributed by atoms with Crippen LogP contribution in [0.3, 0.4) is 0 Å². The number of halogens is 1. The van der Waals surface area contributed by atoms with E-state index in [1.807, 2.05) is 48.3 Å². The molecule has 0 saturated heterocycles. The van der Waals surface area contributed by atoms with Crippen molar-refractivity contribution in [3.63, 3.8) is 0 Å². The van der Waals surface area contributed by atoms with E-state index in [9.17, 15) is 19.6 Å². The van der Waals surface area contributed by atoms with Gasteiger partial charge in [0, 0.05) is 30.6 Å². The number of hydrogen-bond acceptors (Lipinski definition) is 6. The number of rotatable bonds is 18. The fourth-order valence-electron chi connectivity index (χ4n) is 4.92. The molecule has 0 aliphatic heterocycles. The standard InChI is InChI=1S/C31H41ClN4O3/c1-4-36(18-16-26(21-33)25-12-8-14-28(32)20-25)17-6-5-10-24-11-7-13-27(23-38)29(24)22-35(3)30(15-9-19-37)31(39)34-2/h7-8,11-14,19-20,23,26,30H,4-6,9-10,15-18,22H2,1-3H3,(H,34,39). The molecule has 0 aliphatic rings. The highest BCUT2D eigenvalue weighted by molar-refractivity contribution is 6.30. The van der Waals surface area contributed by atoms with E-state index >= 15 is 0 Å². The first-order valence-electron chi connectivity index (χ1n) is 13.7. The van der Waals surface area contributed by atoms with Crippen molar-refractivity contribution < 1.29 is 14.4 Å². The van der Waals surface area contributed by atoms with Crippen LogP contribution in [0.25, 0.3) is 0 Å². The lowest BCUT2D eigenvalue weighted by Gasteiger charge is -2.28. The molecule has 8 heteroatoms. The first kappa shape index (κ1) is 32.2. The molecule has 2 aromatic rings. The number of aryl methyl sites for hydroxylation is 1. The van der Waals surface area contributed by atoms with Crippen LogP contribution in [0, 0.1) is 11.3 Å². The maximum atomic E-state index is 12.4. The summed E-state index contributed by atoms with van der Waals surface area (Å²) in [5.41, 5.74) is 3.62. The minimum absolute atomic E-state index is 0.141. The van der Waals surface area contributed by atoms with Crippen molar-refractivity contribution in [3.8, 4) is 6.07 Å². The Morgan fingerprint density at radius 2 is 1.90 bits per heavy atom. The van der Waals surface area contributed by atoms with Gasteiger partial charge in [-0.25, -0.2) is 0 Å². The second-order valence-corrected chi connectivity index (χ2v) is 10.2. The summed E-state index contributed by atoms with van der Waals surface area (Å²) in [4.78, 5) is 39.5. The van der Waals surface area contributed by atoms with Crippen molar-refractivity contribution in [1.29, 1.82) is 5.26 Å². The molecular formula is C31H41ClN4O3. The normalized spacial score (nSPS) is 12.6. The van der Waals surface area contributed by atoms with Gasteiger partial charge in [-0.3, -0.25) is 14.5 Å². The van der Waals surface area contributed by atoms with Gasteiger partial charge in [-0.2, -0.15) is 5.26 Å². The van der Waals surface area contributed by atoms with Gasteiger partial charge in [0.05, 0.1) is 18.0 Å². The highest BCUT2D eigenvalue weighted by Gasteiger charge is 2.23. The SMILES string of the molecule is CCN(CCCCc1cccc(C=O)c1CN(C)C(CCC=O)C(=O)NC)CCC(C#N)c1cccc(Cl)c1. The molecule has 1 amide bonds. The van der Waals surface area contributed by atoms with E-state index < -0.39 is 6.04 Å². The number of amides is 1. The van der Waals surface area contributed by atoms with Crippen LogP contribution in [0.5, 0.6) is 0 Å². The van der Waals surface area contributed by atoms with Crippen molar-refractivity contribution in [1.82, 2.24) is 15.1 Å². The number of nitrogens with one attached hydrogen (secondary N) is 1. The lowest BCUT2D eigenvalue weighted by atomic mass is 9.96. The molecule has 39 heavy (non-hydrogen) atoms. The molecule has 0 spiro atoms. The second-order valence-electron chi connectivity index (χ2n) is 9.81. The molecule has 210 valence electrons. The fourth-order valence-corrected chi connectivity index (χ4v) is 5.11. The quantitative estimate of drug-likeness (QED) is 0.206. The minimum atomic E-state index is -0.449. The third-order valence-corrected chi connectivity index (χ3v) is 7.48. The molecular weight excluding hydrogens is 512 g/mol. The lowest BCUT2D eigenvalue weighted by Crippen LogP contribution is -2.44. The zero-order chi connectivity index (χ0) is 28.6. The van der Waals surface area contributed by atoms with Crippen LogP contribution in [0.4, 0.5) is 0 Å². The van der Waals surface area contributed by atoms with Gasteiger partial charge in [-0.15, -0.1) is 0 Å². The molecule has 0 heterocycles. The highest BCUT2D eigenvalue weighted by atomic mass is 35.5. The van der Waals surface area contributed by atoms with Gasteiger partial charge in [0.15, 0.2) is 0 Å². The van der Waals surface area contributed by atoms with E-state index in [4.69, 9.17) is 11.6 Å². The monoisotopic (exact) mass is 552 g/mol. The van der Waals surface area contributed by atoms with Crippen LogP contribution in [0.15, 0.2) is 42.5 Å². The first-order chi connectivity index (χ1) is 18.9. The summed E-state index contributed by atoms with van der Waals surface area (Å²) < 4.78 is 0. The van der Waals surface area contributed by atoms with Gasteiger partial charge in [0.2, 0.25) is 5.91 Å². The highest BCUT2D eigenvalue weighted by Crippen LogP contribution is 2.23. The van der Waals surface area contributed by atoms with E-state index in [-0.39, 0.29) is 11.8 Å². The molecule has 0 radical (unpaired) electrons. The third kappa shape index (κ3) is 10.2. The van der Waals surface area contributed by atoms with Gasteiger partial charge in [0.25, 0.3) is 0 Å². The average Bonchev–Trinajstić information content (AvgIpc) is 2.95. The van der Waals surface area contributed by atoms with Gasteiger partial charge in [-0.1, -0.05) is 48.9 Å². The Balaban J connectivity index is 1.98. The molecule has 2 atom stereocenters. The summed E-state index contributed by atoms with van der Waals surface area (Å²) in [6.07, 6.45) is 5.94. The first-order valence-corrected chi connectivity index (χ1v) is 14.0. The molecule has 0 bridgehead atoms. The van der Waals surface area contributed by atoms with Crippen molar-refractivity contribution >= 4 is 30.1 Å². The zero-order valence-corrected chi connectivity index (χ0v) is 24.1. The molecule has 7 nitrogen and oxygen atoms in total. The van der Waals surface area contributed by atoms with E-state index in [1.54, 1.807) is 7.05 Å². The molecule has 0 saturated carbocycles. The van der Waals surface area contributed by atoms with E-state index in [2.05, 4.69) is 29.3 Å². The van der Waals surface area contributed by atoms with Gasteiger partial charge in [0.1, 0.15) is 12.6 Å². The van der Waals surface area contributed by atoms with Crippen LogP contribution in [0.2, 0.25) is 5.02 Å². The predicted molar refractivity (Wildman–Crippen MR) is 156 cm³/mol. The van der Waals surface area contributed by atoms with Gasteiger partial charge in [-0.05, 0) is 87.6 Å². The topological polar surface area (TPSA) is 93.5 Å². The lowest BCUT2D eigenvalue weighted by molar-refractivity contribution is -0.126. The summed E-state index contributed by atoms with van der Waals surface area (Å²) in [6, 6.07) is 15.3. The smallest absolute Gasteiger partial charge is 0.237 e. The molecule has 1 N–H and O–H groups in total. The summed E-state index contributed by atoms with van der Waals surface area (Å²) in [5, 5.41) is 13.0. The number of likely N-dealkylation sites (N-methyl/N-ethyl adjacent to an activating group) is 2. The predicted octanol–water partition coefficient (Wildman–Crippen LogP) is 5.02. The maximum Gasteiger partial charge on any atom is 0.237 e. The number of unbranched alkanes of at least 4 members (excludes halogenated alkanes) is 1. The second kappa shape index (κ2) is 17.5. The van der Waals surface area contributed by atoms with Crippen molar-refractivity contribution in [2.45, 2.75) is 64.0 Å². The van der Waals surface area contributed by atoms with E-state index in [1.165, 1.54) is 0 Å². The van der Waals surface area contributed by atoms with Gasteiger partial charge < -0.3 is 15.0 Å². The number of carbonyl (C=O) groups is 3. The Labute approximate surface area is 238 Å². The summed E-state index contributed by atoms with van der Waals surface area (Å²) in [6.45, 7) is 5.25. The summed E-state index contributed by atoms with van der Waals surface area (Å²) in [5.74, 6) is -0.327. The summed E-state index contributed by atoms with van der Waals surface area (Å²) in [7, 11) is 3.44. The zero-order valence-electron chi connectivity index (χ0n) is 23.4. The van der Waals surface area contributed by atoms with E-state index in [0.29, 0.717) is 30.0 Å². The van der Waals surface area contributed by atoms with Crippen molar-refractivity contribution in [2.75, 3.05) is 33.7 Å². The molecule has 2 rings (SSSR count). The van der Waals surface area contributed by atoms with Crippen molar-refractivity contribution in [3.05, 3.63) is 69.7 Å². The number of nitriles is 1. The average molecular weight is 553 g/mol. The Bertz CT molecular complexity index is 1120. The number of benzene rings is 2. The Hall–Kier alpha value is -3.05. The Morgan fingerprint density at radius 1 is 1.13 bits per heavy atom. The Kier molecular flexibility index (Phi) is 14.4. The number of nitrogens with zero attached hydrogens (tertiary/aromatic N) is 3. The number of carbonyl (C=O) groups excluding carboxylic acids is 3. The largest absolute Gasteiger partial charge is 0.358 e. The van der Waals surface area contributed by atoms with Crippen LogP contribution in [-0.4, -0.2) is 68.1 Å². The number of hydrogen-bond donors (Lipinski definition) is 1. The summed E-state index contributed by atoms with van der Waals surface area (Å²) >= 11 is 6.11.